The lowest BCUT2D eigenvalue weighted by Gasteiger charge is -2.22. The highest BCUT2D eigenvalue weighted by Gasteiger charge is 2.47. The van der Waals surface area contributed by atoms with Crippen molar-refractivity contribution in [3.8, 4) is 0 Å². The summed E-state index contributed by atoms with van der Waals surface area (Å²) in [6, 6.07) is 23.8. The van der Waals surface area contributed by atoms with Crippen molar-refractivity contribution < 1.29 is 19.7 Å². The number of nitrogens with one attached hydrogen (secondary N) is 3. The van der Waals surface area contributed by atoms with Crippen LogP contribution >= 0.6 is 0 Å². The van der Waals surface area contributed by atoms with Crippen LogP contribution in [0.3, 0.4) is 0 Å². The summed E-state index contributed by atoms with van der Waals surface area (Å²) < 4.78 is 7.81. The summed E-state index contributed by atoms with van der Waals surface area (Å²) >= 11 is 0. The van der Waals surface area contributed by atoms with Gasteiger partial charge in [0.1, 0.15) is 12.2 Å². The van der Waals surface area contributed by atoms with Crippen LogP contribution < -0.4 is 20.9 Å². The second-order valence-corrected chi connectivity index (χ2v) is 13.3. The summed E-state index contributed by atoms with van der Waals surface area (Å²) in [6.45, 7) is 4.30. The van der Waals surface area contributed by atoms with Gasteiger partial charge in [-0.1, -0.05) is 60.7 Å². The van der Waals surface area contributed by atoms with Crippen LogP contribution in [0.2, 0.25) is 0 Å². The average molecular weight is 732 g/mol. The molecule has 54 heavy (non-hydrogen) atoms. The van der Waals surface area contributed by atoms with Crippen molar-refractivity contribution in [3.05, 3.63) is 114 Å². The minimum atomic E-state index is -1.35. The Labute approximate surface area is 310 Å². The molecule has 2 aliphatic rings. The van der Waals surface area contributed by atoms with Crippen molar-refractivity contribution in [2.45, 2.75) is 62.9 Å². The van der Waals surface area contributed by atoms with Gasteiger partial charge in [0.05, 0.1) is 12.9 Å². The molecule has 0 aliphatic carbocycles. The molecule has 5 N–H and O–H groups in total. The third-order valence-electron chi connectivity index (χ3n) is 9.81. The number of fused-ring (bicyclic) bond motifs is 1. The molecular formula is C37H41N13O4. The number of aryl methyl sites for hydroxylation is 1. The number of hydrogen-bond acceptors (Lipinski definition) is 13. The second-order valence-electron chi connectivity index (χ2n) is 13.3. The van der Waals surface area contributed by atoms with Crippen LogP contribution in [0.4, 0.5) is 16.6 Å². The van der Waals surface area contributed by atoms with Gasteiger partial charge in [0.15, 0.2) is 29.3 Å². The molecule has 4 aromatic heterocycles. The first-order valence-electron chi connectivity index (χ1n) is 18.0. The molecule has 278 valence electrons. The highest BCUT2D eigenvalue weighted by Crippen LogP contribution is 2.39. The van der Waals surface area contributed by atoms with E-state index in [4.69, 9.17) is 19.7 Å². The van der Waals surface area contributed by atoms with E-state index in [9.17, 15) is 15.0 Å². The number of amides is 2. The summed E-state index contributed by atoms with van der Waals surface area (Å²) in [6.07, 6.45) is 0.842. The molecule has 2 saturated heterocycles. The Morgan fingerprint density at radius 3 is 2.43 bits per heavy atom. The Kier molecular flexibility index (Phi) is 10.1. The zero-order valence-electron chi connectivity index (χ0n) is 29.6. The van der Waals surface area contributed by atoms with Crippen molar-refractivity contribution in [1.82, 2.24) is 55.3 Å². The van der Waals surface area contributed by atoms with Gasteiger partial charge in [0.2, 0.25) is 11.8 Å². The maximum Gasteiger partial charge on any atom is 0.315 e. The van der Waals surface area contributed by atoms with E-state index >= 15 is 0 Å². The number of urea groups is 1. The van der Waals surface area contributed by atoms with Crippen LogP contribution in [0.25, 0.3) is 11.2 Å². The maximum absolute atomic E-state index is 12.8. The van der Waals surface area contributed by atoms with Crippen LogP contribution in [0.15, 0.2) is 91.5 Å². The number of rotatable bonds is 12. The molecular weight excluding hydrogens is 690 g/mol. The van der Waals surface area contributed by atoms with Crippen LogP contribution in [-0.4, -0.2) is 98.8 Å². The zero-order valence-corrected chi connectivity index (χ0v) is 29.6. The summed E-state index contributed by atoms with van der Waals surface area (Å²) in [7, 11) is 0. The monoisotopic (exact) mass is 731 g/mol. The number of aliphatic hydroxyl groups is 2. The van der Waals surface area contributed by atoms with Crippen LogP contribution in [0.5, 0.6) is 0 Å². The molecule has 8 rings (SSSR count). The number of aromatic nitrogens is 9. The fraction of sp³-hybridized carbons (Fsp3) is 0.351. The average Bonchev–Trinajstić information content (AvgIpc) is 4.03. The topological polar surface area (TPSA) is 206 Å². The minimum absolute atomic E-state index is 0.00564. The number of carbonyl (C=O) groups excluding carboxylic acids is 1. The van der Waals surface area contributed by atoms with Gasteiger partial charge in [-0.05, 0) is 47.4 Å². The van der Waals surface area contributed by atoms with Crippen molar-refractivity contribution in [1.29, 1.82) is 0 Å². The Bertz CT molecular complexity index is 2130. The fourth-order valence-corrected chi connectivity index (χ4v) is 6.94. The SMILES string of the molecule is CCn1nnc([C@H]2O[C@@H](n3cnc4c(NCC(c5ccccc5)c5ccccc5)nc(N5CCC(NC(=O)NCc6ccncc6)C5)nc43)[C@H](O)[C@@H]2O)n1. The third kappa shape index (κ3) is 7.28. The van der Waals surface area contributed by atoms with E-state index in [1.54, 1.807) is 17.0 Å². The van der Waals surface area contributed by atoms with Gasteiger partial charge in [0.25, 0.3) is 0 Å². The first-order chi connectivity index (χ1) is 26.4. The van der Waals surface area contributed by atoms with Crippen LogP contribution in [0.1, 0.15) is 54.1 Å². The molecule has 2 aliphatic heterocycles. The Balaban J connectivity index is 1.08. The highest BCUT2D eigenvalue weighted by atomic mass is 16.6. The number of anilines is 2. The van der Waals surface area contributed by atoms with E-state index in [-0.39, 0.29) is 23.8 Å². The van der Waals surface area contributed by atoms with E-state index in [1.807, 2.05) is 60.4 Å². The van der Waals surface area contributed by atoms with Crippen LogP contribution in [-0.2, 0) is 17.8 Å². The van der Waals surface area contributed by atoms with Gasteiger partial charge in [-0.15, -0.1) is 10.2 Å². The number of imidazole rings is 1. The van der Waals surface area contributed by atoms with E-state index in [0.29, 0.717) is 62.1 Å². The van der Waals surface area contributed by atoms with Crippen molar-refractivity contribution >= 4 is 29.0 Å². The fourth-order valence-electron chi connectivity index (χ4n) is 6.94. The predicted molar refractivity (Wildman–Crippen MR) is 197 cm³/mol. The summed E-state index contributed by atoms with van der Waals surface area (Å²) in [5.74, 6) is 1.07. The van der Waals surface area contributed by atoms with Gasteiger partial charge < -0.3 is 35.8 Å². The van der Waals surface area contributed by atoms with Gasteiger partial charge in [-0.2, -0.15) is 14.8 Å². The van der Waals surface area contributed by atoms with Gasteiger partial charge >= 0.3 is 6.03 Å². The number of tetrazole rings is 1. The van der Waals surface area contributed by atoms with Crippen molar-refractivity contribution in [3.63, 3.8) is 0 Å². The van der Waals surface area contributed by atoms with Gasteiger partial charge in [-0.3, -0.25) is 9.55 Å². The van der Waals surface area contributed by atoms with E-state index in [2.05, 4.69) is 60.6 Å². The molecule has 17 heteroatoms. The van der Waals surface area contributed by atoms with Crippen molar-refractivity contribution in [2.24, 2.45) is 0 Å². The standard InChI is InChI=1S/C37H41N13O4/c1-2-50-46-33(45-47-50)31-29(51)30(52)35(54-31)49-22-41-28-32(39-20-27(24-9-5-3-6-10-24)25-11-7-4-8-12-25)43-36(44-34(28)49)48-18-15-26(21-48)42-37(53)40-19-23-13-16-38-17-14-23/h3-14,16-17,22,26-27,29-31,35,51-52H,2,15,18-21H2,1H3,(H,39,43,44)(H2,40,42,53)/t26?,29-,30+,31-,35+/m0/s1. The van der Waals surface area contributed by atoms with E-state index in [0.717, 1.165) is 16.7 Å². The summed E-state index contributed by atoms with van der Waals surface area (Å²) in [4.78, 5) is 34.9. The summed E-state index contributed by atoms with van der Waals surface area (Å²) in [5.41, 5.74) is 4.09. The molecule has 1 unspecified atom stereocenters. The lowest BCUT2D eigenvalue weighted by Crippen LogP contribution is -2.43. The molecule has 2 aromatic carbocycles. The van der Waals surface area contributed by atoms with E-state index < -0.39 is 24.5 Å². The molecule has 6 aromatic rings. The lowest BCUT2D eigenvalue weighted by atomic mass is 9.91. The van der Waals surface area contributed by atoms with Gasteiger partial charge in [0, 0.05) is 50.5 Å². The minimum Gasteiger partial charge on any atom is -0.387 e. The lowest BCUT2D eigenvalue weighted by molar-refractivity contribution is -0.0384. The predicted octanol–water partition coefficient (Wildman–Crippen LogP) is 2.54. The summed E-state index contributed by atoms with van der Waals surface area (Å²) in [5, 5.41) is 44.2. The number of pyridine rings is 1. The molecule has 5 atom stereocenters. The molecule has 2 fully saturated rings. The Hall–Kier alpha value is -6.04. The largest absolute Gasteiger partial charge is 0.387 e. The molecule has 0 spiro atoms. The Morgan fingerprint density at radius 2 is 1.72 bits per heavy atom. The number of ether oxygens (including phenoxy) is 1. The van der Waals surface area contributed by atoms with Gasteiger partial charge in [-0.25, -0.2) is 9.78 Å². The molecule has 0 saturated carbocycles. The van der Waals surface area contributed by atoms with Crippen molar-refractivity contribution in [2.75, 3.05) is 29.9 Å². The molecule has 0 radical (unpaired) electrons. The number of carbonyl (C=O) groups is 1. The molecule has 17 nitrogen and oxygen atoms in total. The maximum atomic E-state index is 12.8. The van der Waals surface area contributed by atoms with Crippen LogP contribution in [0, 0.1) is 0 Å². The zero-order chi connectivity index (χ0) is 37.0. The highest BCUT2D eigenvalue weighted by molar-refractivity contribution is 5.84. The molecule has 6 heterocycles. The number of nitrogens with zero attached hydrogens (tertiary/aromatic N) is 10. The smallest absolute Gasteiger partial charge is 0.315 e. The number of aliphatic hydroxyl groups excluding tert-OH is 2. The van der Waals surface area contributed by atoms with E-state index in [1.165, 1.54) is 11.1 Å². The molecule has 0 bridgehead atoms. The first kappa shape index (κ1) is 35.0. The normalized spacial score (nSPS) is 21.2. The Morgan fingerprint density at radius 1 is 0.981 bits per heavy atom. The quantitative estimate of drug-likeness (QED) is 0.123. The second kappa shape index (κ2) is 15.5. The number of benzene rings is 2. The number of hydrogen-bond donors (Lipinski definition) is 5. The first-order valence-corrected chi connectivity index (χ1v) is 18.0. The third-order valence-corrected chi connectivity index (χ3v) is 9.81. The molecule has 2 amide bonds.